The summed E-state index contributed by atoms with van der Waals surface area (Å²) >= 11 is 0. The van der Waals surface area contributed by atoms with E-state index < -0.39 is 28.3 Å². The summed E-state index contributed by atoms with van der Waals surface area (Å²) in [5.41, 5.74) is 1.25. The van der Waals surface area contributed by atoms with Crippen LogP contribution in [0.25, 0.3) is 0 Å². The number of nitrogens with zero attached hydrogens (tertiary/aromatic N) is 1. The standard InChI is InChI=1S/C30H37N3O10S/c1-20(2)17-33(44(37,38)25-9-10-27-28(16-25)42-19-41-27)43-30(36)32-26(21(3)34)15-22-5-7-24(8-6-22)40-13-4-12-31-29(35)23-11-14-39-18-23/h5-11,14,16,18,20-21,26,34H,4,12-13,15,17,19H2,1-3H3,(H,31,35)(H,32,36). The van der Waals surface area contributed by atoms with Gasteiger partial charge in [0.25, 0.3) is 15.9 Å². The number of aliphatic hydroxyl groups excluding tert-OH is 1. The molecule has 0 saturated carbocycles. The molecule has 238 valence electrons. The van der Waals surface area contributed by atoms with Crippen LogP contribution in [0.3, 0.4) is 0 Å². The molecule has 4 rings (SSSR count). The number of amides is 2. The Morgan fingerprint density at radius 1 is 1.05 bits per heavy atom. The Morgan fingerprint density at radius 2 is 1.80 bits per heavy atom. The number of nitrogens with one attached hydrogen (secondary N) is 2. The molecule has 3 aromatic rings. The highest BCUT2D eigenvalue weighted by Gasteiger charge is 2.32. The van der Waals surface area contributed by atoms with Crippen molar-refractivity contribution >= 4 is 22.0 Å². The molecule has 2 amide bonds. The fourth-order valence-corrected chi connectivity index (χ4v) is 5.58. The van der Waals surface area contributed by atoms with Crippen LogP contribution in [0, 0.1) is 5.92 Å². The molecule has 44 heavy (non-hydrogen) atoms. The minimum Gasteiger partial charge on any atom is -0.494 e. The lowest BCUT2D eigenvalue weighted by Crippen LogP contribution is -2.47. The highest BCUT2D eigenvalue weighted by atomic mass is 32.2. The molecule has 13 nitrogen and oxygen atoms in total. The topological polar surface area (TPSA) is 166 Å². The van der Waals surface area contributed by atoms with E-state index in [0.717, 1.165) is 5.56 Å². The number of rotatable bonds is 15. The van der Waals surface area contributed by atoms with Crippen LogP contribution in [0.1, 0.15) is 43.1 Å². The highest BCUT2D eigenvalue weighted by molar-refractivity contribution is 7.89. The van der Waals surface area contributed by atoms with Crippen molar-refractivity contribution in [3.63, 3.8) is 0 Å². The van der Waals surface area contributed by atoms with Crippen LogP contribution in [0.15, 0.2) is 70.4 Å². The van der Waals surface area contributed by atoms with Crippen LogP contribution in [0.2, 0.25) is 0 Å². The van der Waals surface area contributed by atoms with Crippen LogP contribution in [-0.4, -0.2) is 68.6 Å². The quantitative estimate of drug-likeness (QED) is 0.167. The van der Waals surface area contributed by atoms with Gasteiger partial charge in [0.05, 0.1) is 42.0 Å². The normalized spacial score (nSPS) is 13.9. The third-order valence-electron chi connectivity index (χ3n) is 6.53. The van der Waals surface area contributed by atoms with Gasteiger partial charge in [-0.05, 0) is 66.0 Å². The molecule has 1 aliphatic rings. The number of aliphatic hydroxyl groups is 1. The minimum atomic E-state index is -4.24. The molecule has 2 heterocycles. The van der Waals surface area contributed by atoms with Crippen LogP contribution in [-0.2, 0) is 21.3 Å². The van der Waals surface area contributed by atoms with Gasteiger partial charge in [-0.3, -0.25) is 4.79 Å². The average molecular weight is 632 g/mol. The van der Waals surface area contributed by atoms with Gasteiger partial charge in [-0.2, -0.15) is 0 Å². The second-order valence-corrected chi connectivity index (χ2v) is 12.4. The smallest absolute Gasteiger partial charge is 0.427 e. The van der Waals surface area contributed by atoms with Gasteiger partial charge >= 0.3 is 6.09 Å². The Morgan fingerprint density at radius 3 is 2.48 bits per heavy atom. The monoisotopic (exact) mass is 631 g/mol. The van der Waals surface area contributed by atoms with Crippen molar-refractivity contribution in [3.05, 3.63) is 72.2 Å². The van der Waals surface area contributed by atoms with E-state index >= 15 is 0 Å². The van der Waals surface area contributed by atoms with E-state index in [2.05, 4.69) is 10.6 Å². The number of hydroxylamine groups is 1. The number of carbonyl (C=O) groups excluding carboxylic acids is 2. The van der Waals surface area contributed by atoms with Crippen LogP contribution < -0.4 is 24.8 Å². The maximum Gasteiger partial charge on any atom is 0.427 e. The summed E-state index contributed by atoms with van der Waals surface area (Å²) in [6, 6.07) is 12.1. The number of benzene rings is 2. The Balaban J connectivity index is 1.29. The molecule has 14 heteroatoms. The minimum absolute atomic E-state index is 0.0152. The molecule has 3 N–H and O–H groups in total. The van der Waals surface area contributed by atoms with Crippen molar-refractivity contribution in [2.75, 3.05) is 26.5 Å². The lowest BCUT2D eigenvalue weighted by Gasteiger charge is -2.25. The number of fused-ring (bicyclic) bond motifs is 1. The van der Waals surface area contributed by atoms with E-state index in [-0.39, 0.29) is 42.2 Å². The zero-order valence-corrected chi connectivity index (χ0v) is 25.5. The van der Waals surface area contributed by atoms with Gasteiger partial charge in [0.15, 0.2) is 11.5 Å². The van der Waals surface area contributed by atoms with Gasteiger partial charge in [0, 0.05) is 12.6 Å². The molecule has 0 fully saturated rings. The van der Waals surface area contributed by atoms with Crippen molar-refractivity contribution in [2.24, 2.45) is 5.92 Å². The maximum absolute atomic E-state index is 13.4. The zero-order valence-electron chi connectivity index (χ0n) is 24.7. The number of hydrogen-bond donors (Lipinski definition) is 3. The van der Waals surface area contributed by atoms with Crippen molar-refractivity contribution in [3.8, 4) is 17.2 Å². The molecule has 0 bridgehead atoms. The van der Waals surface area contributed by atoms with Crippen LogP contribution >= 0.6 is 0 Å². The zero-order chi connectivity index (χ0) is 31.7. The molecule has 2 aromatic carbocycles. The maximum atomic E-state index is 13.4. The molecule has 0 spiro atoms. The van der Waals surface area contributed by atoms with E-state index in [1.807, 2.05) is 0 Å². The number of carbonyl (C=O) groups is 2. The predicted molar refractivity (Wildman–Crippen MR) is 158 cm³/mol. The first-order chi connectivity index (χ1) is 21.0. The van der Waals surface area contributed by atoms with Crippen molar-refractivity contribution < 1.29 is 46.6 Å². The first kappa shape index (κ1) is 32.6. The SMILES string of the molecule is CC(C)CN(OC(=O)NC(Cc1ccc(OCCCNC(=O)c2ccoc2)cc1)C(C)O)S(=O)(=O)c1ccc2c(c1)OCO2. The Hall–Kier alpha value is -4.27. The van der Waals surface area contributed by atoms with Gasteiger partial charge < -0.3 is 39.2 Å². The number of furan rings is 1. The molecule has 2 atom stereocenters. The summed E-state index contributed by atoms with van der Waals surface area (Å²) < 4.78 is 48.6. The van der Waals surface area contributed by atoms with Gasteiger partial charge in [0.1, 0.15) is 12.0 Å². The van der Waals surface area contributed by atoms with Crippen LogP contribution in [0.4, 0.5) is 4.79 Å². The van der Waals surface area contributed by atoms with Crippen molar-refractivity contribution in [1.29, 1.82) is 0 Å². The van der Waals surface area contributed by atoms with Gasteiger partial charge in [-0.1, -0.05) is 26.0 Å². The second kappa shape index (κ2) is 14.9. The first-order valence-corrected chi connectivity index (χ1v) is 15.6. The first-order valence-electron chi connectivity index (χ1n) is 14.1. The van der Waals surface area contributed by atoms with E-state index in [0.29, 0.717) is 41.1 Å². The molecule has 0 aliphatic carbocycles. The highest BCUT2D eigenvalue weighted by Crippen LogP contribution is 2.34. The van der Waals surface area contributed by atoms with Crippen molar-refractivity contribution in [2.45, 2.75) is 50.7 Å². The lowest BCUT2D eigenvalue weighted by molar-refractivity contribution is -0.0323. The molecular formula is C30H37N3O10S. The summed E-state index contributed by atoms with van der Waals surface area (Å²) in [7, 11) is -4.24. The van der Waals surface area contributed by atoms with E-state index in [9.17, 15) is 23.1 Å². The summed E-state index contributed by atoms with van der Waals surface area (Å²) in [4.78, 5) is 30.0. The predicted octanol–water partition coefficient (Wildman–Crippen LogP) is 3.49. The third kappa shape index (κ3) is 8.88. The Bertz CT molecular complexity index is 1490. The molecule has 2 unspecified atom stereocenters. The Kier molecular flexibility index (Phi) is 11.1. The summed E-state index contributed by atoms with van der Waals surface area (Å²) in [5.74, 6) is 0.937. The van der Waals surface area contributed by atoms with E-state index in [1.54, 1.807) is 44.2 Å². The Labute approximate surface area is 256 Å². The van der Waals surface area contributed by atoms with Crippen LogP contribution in [0.5, 0.6) is 17.2 Å². The molecule has 1 aromatic heterocycles. The summed E-state index contributed by atoms with van der Waals surface area (Å²) in [6.45, 7) is 5.80. The molecular weight excluding hydrogens is 594 g/mol. The summed E-state index contributed by atoms with van der Waals surface area (Å²) in [5, 5.41) is 15.7. The average Bonchev–Trinajstić information content (AvgIpc) is 3.69. The molecule has 0 radical (unpaired) electrons. The second-order valence-electron chi connectivity index (χ2n) is 10.6. The van der Waals surface area contributed by atoms with E-state index in [4.69, 9.17) is 23.5 Å². The number of ether oxygens (including phenoxy) is 3. The molecule has 1 aliphatic heterocycles. The third-order valence-corrected chi connectivity index (χ3v) is 8.14. The van der Waals surface area contributed by atoms with Crippen molar-refractivity contribution in [1.82, 2.24) is 15.1 Å². The largest absolute Gasteiger partial charge is 0.494 e. The number of hydrogen-bond acceptors (Lipinski definition) is 10. The summed E-state index contributed by atoms with van der Waals surface area (Å²) in [6.07, 6.45) is 1.65. The van der Waals surface area contributed by atoms with E-state index in [1.165, 1.54) is 37.6 Å². The fourth-order valence-electron chi connectivity index (χ4n) is 4.19. The number of sulfonamides is 1. The molecule has 0 saturated heterocycles. The van der Waals surface area contributed by atoms with Gasteiger partial charge in [-0.15, -0.1) is 0 Å². The lowest BCUT2D eigenvalue weighted by atomic mass is 10.0. The van der Waals surface area contributed by atoms with Gasteiger partial charge in [-0.25, -0.2) is 13.2 Å². The fraction of sp³-hybridized carbons (Fsp3) is 0.400. The van der Waals surface area contributed by atoms with Gasteiger partial charge in [0.2, 0.25) is 6.79 Å².